The average Bonchev–Trinajstić information content (AvgIpc) is 2.59. The van der Waals surface area contributed by atoms with Gasteiger partial charge in [0.1, 0.15) is 22.1 Å². The van der Waals surface area contributed by atoms with E-state index in [1.54, 1.807) is 24.3 Å². The molecule has 2 aromatic carbocycles. The fourth-order valence-corrected chi connectivity index (χ4v) is 3.64. The van der Waals surface area contributed by atoms with Crippen molar-refractivity contribution in [2.75, 3.05) is 0 Å². The van der Waals surface area contributed by atoms with Gasteiger partial charge in [-0.05, 0) is 25.0 Å². The summed E-state index contributed by atoms with van der Waals surface area (Å²) in [7, 11) is -4.46. The van der Waals surface area contributed by atoms with Crippen LogP contribution in [0.3, 0.4) is 0 Å². The highest BCUT2D eigenvalue weighted by atomic mass is 32.2. The normalized spacial score (nSPS) is 11.5. The second kappa shape index (κ2) is 9.59. The molecule has 0 bridgehead atoms. The summed E-state index contributed by atoms with van der Waals surface area (Å²) in [5, 5.41) is 10.3. The van der Waals surface area contributed by atoms with Crippen molar-refractivity contribution in [2.24, 2.45) is 0 Å². The van der Waals surface area contributed by atoms with Crippen LogP contribution in [0.25, 0.3) is 0 Å². The van der Waals surface area contributed by atoms with Gasteiger partial charge in [0.05, 0.1) is 0 Å². The van der Waals surface area contributed by atoms with Crippen molar-refractivity contribution in [1.82, 2.24) is 0 Å². The molecule has 0 saturated carbocycles. The minimum atomic E-state index is -4.46. The minimum Gasteiger partial charge on any atom is -0.507 e. The van der Waals surface area contributed by atoms with E-state index in [1.165, 1.54) is 18.6 Å². The first-order valence-corrected chi connectivity index (χ1v) is 10.4. The lowest BCUT2D eigenvalue weighted by Gasteiger charge is -2.13. The lowest BCUT2D eigenvalue weighted by molar-refractivity contribution is 0.438. The molecule has 0 spiro atoms. The van der Waals surface area contributed by atoms with Gasteiger partial charge in [-0.15, -0.1) is 0 Å². The molecule has 2 rings (SSSR count). The van der Waals surface area contributed by atoms with Crippen LogP contribution >= 0.6 is 0 Å². The predicted molar refractivity (Wildman–Crippen MR) is 102 cm³/mol. The van der Waals surface area contributed by atoms with Gasteiger partial charge in [0, 0.05) is 17.7 Å². The van der Waals surface area contributed by atoms with Gasteiger partial charge in [0.25, 0.3) is 10.1 Å². The Bertz CT molecular complexity index is 800. The van der Waals surface area contributed by atoms with E-state index in [2.05, 4.69) is 6.92 Å². The van der Waals surface area contributed by atoms with E-state index in [9.17, 15) is 18.1 Å². The summed E-state index contributed by atoms with van der Waals surface area (Å²) in [5.41, 5.74) is 0.239. The molecule has 0 radical (unpaired) electrons. The quantitative estimate of drug-likeness (QED) is 0.431. The van der Waals surface area contributed by atoms with Crippen LogP contribution < -0.4 is 4.74 Å². The number of rotatable bonds is 10. The van der Waals surface area contributed by atoms with E-state index >= 15 is 0 Å². The molecule has 2 N–H and O–H groups in total. The Hall–Kier alpha value is -2.05. The van der Waals surface area contributed by atoms with Crippen LogP contribution in [0, 0.1) is 0 Å². The zero-order valence-corrected chi connectivity index (χ0v) is 15.8. The van der Waals surface area contributed by atoms with Gasteiger partial charge in [-0.25, -0.2) is 0 Å². The molecule has 0 fully saturated rings. The summed E-state index contributed by atoms with van der Waals surface area (Å²) in [6.45, 7) is 2.15. The molecule has 0 amide bonds. The molecule has 0 heterocycles. The van der Waals surface area contributed by atoms with Crippen molar-refractivity contribution in [1.29, 1.82) is 0 Å². The Morgan fingerprint density at radius 2 is 1.58 bits per heavy atom. The second-order valence-electron chi connectivity index (χ2n) is 6.33. The molecule has 2 aromatic rings. The topological polar surface area (TPSA) is 83.8 Å². The molecule has 0 unspecified atom stereocenters. The summed E-state index contributed by atoms with van der Waals surface area (Å²) in [4.78, 5) is -0.294. The monoisotopic (exact) mass is 378 g/mol. The largest absolute Gasteiger partial charge is 0.507 e. The Kier molecular flexibility index (Phi) is 7.48. The van der Waals surface area contributed by atoms with E-state index < -0.39 is 10.1 Å². The van der Waals surface area contributed by atoms with E-state index in [0.29, 0.717) is 12.2 Å². The van der Waals surface area contributed by atoms with Crippen molar-refractivity contribution in [2.45, 2.75) is 56.8 Å². The van der Waals surface area contributed by atoms with E-state index in [1.807, 2.05) is 6.07 Å². The highest BCUT2D eigenvalue weighted by Crippen LogP contribution is 2.34. The van der Waals surface area contributed by atoms with Crippen LogP contribution in [0.1, 0.15) is 51.0 Å². The van der Waals surface area contributed by atoms with Gasteiger partial charge in [-0.2, -0.15) is 8.42 Å². The summed E-state index contributed by atoms with van der Waals surface area (Å²) in [6.07, 6.45) is 6.66. The molecule has 0 aliphatic rings. The maximum absolute atomic E-state index is 11.8. The van der Waals surface area contributed by atoms with Gasteiger partial charge in [-0.1, -0.05) is 57.2 Å². The lowest BCUT2D eigenvalue weighted by atomic mass is 10.0. The molecule has 6 heteroatoms. The third-order valence-electron chi connectivity index (χ3n) is 4.20. The number of unbranched alkanes of at least 4 members (excludes halogenated alkanes) is 5. The van der Waals surface area contributed by atoms with Crippen molar-refractivity contribution < 1.29 is 22.8 Å². The average molecular weight is 378 g/mol. The number of hydrogen-bond donors (Lipinski definition) is 2. The molecule has 0 saturated heterocycles. The van der Waals surface area contributed by atoms with Crippen LogP contribution in [0.5, 0.6) is 17.2 Å². The molecular formula is C20H26O5S. The van der Waals surface area contributed by atoms with Crippen molar-refractivity contribution in [3.63, 3.8) is 0 Å². The number of benzene rings is 2. The Labute approximate surface area is 155 Å². The maximum Gasteiger partial charge on any atom is 0.295 e. The van der Waals surface area contributed by atoms with Gasteiger partial charge in [0.2, 0.25) is 0 Å². The highest BCUT2D eigenvalue weighted by Gasteiger charge is 2.20. The summed E-state index contributed by atoms with van der Waals surface area (Å²) >= 11 is 0. The van der Waals surface area contributed by atoms with E-state index in [0.717, 1.165) is 32.1 Å². The Balaban J connectivity index is 2.17. The summed E-state index contributed by atoms with van der Waals surface area (Å²) in [5.74, 6) is 0.490. The van der Waals surface area contributed by atoms with Crippen LogP contribution in [-0.2, 0) is 16.5 Å². The summed E-state index contributed by atoms with van der Waals surface area (Å²) < 4.78 is 38.7. The van der Waals surface area contributed by atoms with Crippen LogP contribution in [-0.4, -0.2) is 18.1 Å². The van der Waals surface area contributed by atoms with Crippen LogP contribution in [0.4, 0.5) is 0 Å². The first kappa shape index (κ1) is 20.3. The standard InChI is InChI=1S/C20H26O5S/c1-2-3-4-5-6-10-13-18-19(21)14-17(15-20(18)26(22,23)24)25-16-11-8-7-9-12-16/h7-9,11-12,14-15,21H,2-6,10,13H2,1H3,(H,22,23,24). The fourth-order valence-electron chi connectivity index (χ4n) is 2.85. The zero-order chi connectivity index (χ0) is 19.0. The molecule has 0 atom stereocenters. The van der Waals surface area contributed by atoms with E-state index in [4.69, 9.17) is 4.74 Å². The maximum atomic E-state index is 11.8. The Morgan fingerprint density at radius 3 is 2.23 bits per heavy atom. The summed E-state index contributed by atoms with van der Waals surface area (Å²) in [6, 6.07) is 11.5. The van der Waals surface area contributed by atoms with Crippen molar-refractivity contribution >= 4 is 10.1 Å². The van der Waals surface area contributed by atoms with Gasteiger partial charge < -0.3 is 9.84 Å². The lowest BCUT2D eigenvalue weighted by Crippen LogP contribution is -2.04. The Morgan fingerprint density at radius 1 is 0.923 bits per heavy atom. The number of phenols is 1. The van der Waals surface area contributed by atoms with Gasteiger partial charge in [0.15, 0.2) is 0 Å². The minimum absolute atomic E-state index is 0.160. The van der Waals surface area contributed by atoms with Crippen LogP contribution in [0.2, 0.25) is 0 Å². The van der Waals surface area contributed by atoms with E-state index in [-0.39, 0.29) is 22.0 Å². The van der Waals surface area contributed by atoms with Crippen LogP contribution in [0.15, 0.2) is 47.4 Å². The number of ether oxygens (including phenoxy) is 1. The molecular weight excluding hydrogens is 352 g/mol. The molecule has 142 valence electrons. The smallest absolute Gasteiger partial charge is 0.295 e. The first-order chi connectivity index (χ1) is 12.4. The first-order valence-electron chi connectivity index (χ1n) is 8.98. The van der Waals surface area contributed by atoms with Crippen molar-refractivity contribution in [3.8, 4) is 17.2 Å². The third-order valence-corrected chi connectivity index (χ3v) is 5.12. The second-order valence-corrected chi connectivity index (χ2v) is 7.72. The number of phenolic OH excluding ortho intramolecular Hbond substituents is 1. The number of para-hydroxylation sites is 1. The molecule has 5 nitrogen and oxygen atoms in total. The van der Waals surface area contributed by atoms with Gasteiger partial charge in [-0.3, -0.25) is 4.55 Å². The third kappa shape index (κ3) is 6.04. The molecule has 0 aliphatic carbocycles. The molecule has 0 aliphatic heterocycles. The number of aromatic hydroxyl groups is 1. The zero-order valence-electron chi connectivity index (χ0n) is 15.0. The SMILES string of the molecule is CCCCCCCCc1c(O)cc(Oc2ccccc2)cc1S(=O)(=O)O. The van der Waals surface area contributed by atoms with Gasteiger partial charge >= 0.3 is 0 Å². The molecule has 0 aromatic heterocycles. The fraction of sp³-hybridized carbons (Fsp3) is 0.400. The highest BCUT2D eigenvalue weighted by molar-refractivity contribution is 7.85. The number of hydrogen-bond acceptors (Lipinski definition) is 4. The van der Waals surface area contributed by atoms with Crippen molar-refractivity contribution in [3.05, 3.63) is 48.0 Å². The molecule has 26 heavy (non-hydrogen) atoms. The predicted octanol–water partition coefficient (Wildman–Crippen LogP) is 5.33.